The number of benzene rings is 1. The molecule has 2 aromatic rings. The maximum absolute atomic E-state index is 12.8. The van der Waals surface area contributed by atoms with Crippen molar-refractivity contribution >= 4 is 11.6 Å². The van der Waals surface area contributed by atoms with Crippen molar-refractivity contribution in [1.82, 2.24) is 4.90 Å². The third-order valence-electron chi connectivity index (χ3n) is 3.56. The Kier molecular flexibility index (Phi) is 4.36. The molecule has 2 N–H and O–H groups in total. The van der Waals surface area contributed by atoms with E-state index in [1.807, 2.05) is 52.0 Å². The highest BCUT2D eigenvalue weighted by Crippen LogP contribution is 2.21. The van der Waals surface area contributed by atoms with E-state index in [0.717, 1.165) is 17.1 Å². The number of para-hydroxylation sites is 1. The number of carbonyl (C=O) groups excluding carboxylic acids is 1. The van der Waals surface area contributed by atoms with Gasteiger partial charge in [0.05, 0.1) is 12.1 Å². The average Bonchev–Trinajstić information content (AvgIpc) is 2.84. The molecule has 0 atom stereocenters. The van der Waals surface area contributed by atoms with E-state index in [2.05, 4.69) is 0 Å². The highest BCUT2D eigenvalue weighted by Gasteiger charge is 2.22. The van der Waals surface area contributed by atoms with Gasteiger partial charge < -0.3 is 15.1 Å². The van der Waals surface area contributed by atoms with Gasteiger partial charge in [0.15, 0.2) is 0 Å². The van der Waals surface area contributed by atoms with Crippen LogP contribution >= 0.6 is 0 Å². The SMILES string of the molecule is Cc1ccc(CN(C(=O)c2cccc(C)c2N)C(C)C)o1. The van der Waals surface area contributed by atoms with Crippen LogP contribution in [0.15, 0.2) is 34.7 Å². The van der Waals surface area contributed by atoms with Gasteiger partial charge in [-0.2, -0.15) is 0 Å². The topological polar surface area (TPSA) is 59.5 Å². The molecule has 1 aromatic carbocycles. The van der Waals surface area contributed by atoms with Crippen molar-refractivity contribution in [3.63, 3.8) is 0 Å². The first kappa shape index (κ1) is 15.2. The minimum atomic E-state index is -0.0692. The molecule has 0 aliphatic rings. The summed E-state index contributed by atoms with van der Waals surface area (Å²) in [5, 5.41) is 0. The molecule has 0 radical (unpaired) electrons. The molecule has 0 bridgehead atoms. The highest BCUT2D eigenvalue weighted by molar-refractivity contribution is 5.99. The van der Waals surface area contributed by atoms with E-state index >= 15 is 0 Å². The Morgan fingerprint density at radius 3 is 2.52 bits per heavy atom. The molecule has 0 saturated carbocycles. The maximum Gasteiger partial charge on any atom is 0.256 e. The minimum Gasteiger partial charge on any atom is -0.464 e. The van der Waals surface area contributed by atoms with Crippen LogP contribution in [-0.2, 0) is 6.54 Å². The van der Waals surface area contributed by atoms with Crippen molar-refractivity contribution in [2.24, 2.45) is 0 Å². The number of nitrogen functional groups attached to an aromatic ring is 1. The van der Waals surface area contributed by atoms with Crippen LogP contribution in [0.2, 0.25) is 0 Å². The van der Waals surface area contributed by atoms with Crippen LogP contribution in [0.1, 0.15) is 41.3 Å². The first-order valence-corrected chi connectivity index (χ1v) is 7.11. The summed E-state index contributed by atoms with van der Waals surface area (Å²) in [6, 6.07) is 9.39. The third-order valence-corrected chi connectivity index (χ3v) is 3.56. The fourth-order valence-electron chi connectivity index (χ4n) is 2.25. The zero-order valence-electron chi connectivity index (χ0n) is 13.0. The van der Waals surface area contributed by atoms with Gasteiger partial charge in [0.25, 0.3) is 5.91 Å². The standard InChI is InChI=1S/C17H22N2O2/c1-11(2)19(10-14-9-8-13(4)21-14)17(20)15-7-5-6-12(3)16(15)18/h5-9,11H,10,18H2,1-4H3. The normalized spacial score (nSPS) is 10.9. The summed E-state index contributed by atoms with van der Waals surface area (Å²) in [7, 11) is 0. The molecule has 1 aromatic heterocycles. The van der Waals surface area contributed by atoms with E-state index < -0.39 is 0 Å². The zero-order chi connectivity index (χ0) is 15.6. The maximum atomic E-state index is 12.8. The fourth-order valence-corrected chi connectivity index (χ4v) is 2.25. The number of amides is 1. The van der Waals surface area contributed by atoms with E-state index in [1.54, 1.807) is 11.0 Å². The Balaban J connectivity index is 2.29. The molecule has 112 valence electrons. The van der Waals surface area contributed by atoms with Crippen LogP contribution in [0.5, 0.6) is 0 Å². The number of hydrogen-bond donors (Lipinski definition) is 1. The van der Waals surface area contributed by atoms with E-state index in [9.17, 15) is 4.79 Å². The molecule has 21 heavy (non-hydrogen) atoms. The van der Waals surface area contributed by atoms with Crippen molar-refractivity contribution in [3.05, 3.63) is 53.0 Å². The van der Waals surface area contributed by atoms with Crippen molar-refractivity contribution < 1.29 is 9.21 Å². The summed E-state index contributed by atoms with van der Waals surface area (Å²) < 4.78 is 5.58. The van der Waals surface area contributed by atoms with Gasteiger partial charge in [-0.1, -0.05) is 12.1 Å². The van der Waals surface area contributed by atoms with Gasteiger partial charge >= 0.3 is 0 Å². The van der Waals surface area contributed by atoms with Crippen LogP contribution in [-0.4, -0.2) is 16.8 Å². The molecule has 0 saturated heterocycles. The van der Waals surface area contributed by atoms with E-state index in [-0.39, 0.29) is 11.9 Å². The summed E-state index contributed by atoms with van der Waals surface area (Å²) in [6.07, 6.45) is 0. The number of aryl methyl sites for hydroxylation is 2. The first-order valence-electron chi connectivity index (χ1n) is 7.11. The van der Waals surface area contributed by atoms with Gasteiger partial charge in [-0.05, 0) is 51.5 Å². The second kappa shape index (κ2) is 6.04. The molecule has 4 heteroatoms. The molecule has 0 aliphatic carbocycles. The summed E-state index contributed by atoms with van der Waals surface area (Å²) >= 11 is 0. The fraction of sp³-hybridized carbons (Fsp3) is 0.353. The number of hydrogen-bond acceptors (Lipinski definition) is 3. The number of carbonyl (C=O) groups is 1. The lowest BCUT2D eigenvalue weighted by Crippen LogP contribution is -2.36. The molecular weight excluding hydrogens is 264 g/mol. The Bertz CT molecular complexity index is 644. The zero-order valence-corrected chi connectivity index (χ0v) is 13.0. The second-order valence-corrected chi connectivity index (χ2v) is 5.58. The predicted molar refractivity (Wildman–Crippen MR) is 84.0 cm³/mol. The molecule has 1 heterocycles. The molecule has 0 fully saturated rings. The van der Waals surface area contributed by atoms with E-state index in [0.29, 0.717) is 17.8 Å². The Hall–Kier alpha value is -2.23. The molecule has 0 aliphatic heterocycles. The lowest BCUT2D eigenvalue weighted by molar-refractivity contribution is 0.0676. The minimum absolute atomic E-state index is 0.0582. The number of nitrogens with zero attached hydrogens (tertiary/aromatic N) is 1. The molecule has 4 nitrogen and oxygen atoms in total. The lowest BCUT2D eigenvalue weighted by Gasteiger charge is -2.26. The number of rotatable bonds is 4. The third kappa shape index (κ3) is 3.27. The molecule has 1 amide bonds. The first-order chi connectivity index (χ1) is 9.90. The van der Waals surface area contributed by atoms with Gasteiger partial charge in [0, 0.05) is 11.7 Å². The molecular formula is C17H22N2O2. The summed E-state index contributed by atoms with van der Waals surface area (Å²) in [4.78, 5) is 14.5. The summed E-state index contributed by atoms with van der Waals surface area (Å²) in [5.41, 5.74) is 8.06. The second-order valence-electron chi connectivity index (χ2n) is 5.58. The molecule has 0 unspecified atom stereocenters. The van der Waals surface area contributed by atoms with Crippen molar-refractivity contribution in [3.8, 4) is 0 Å². The Labute approximate surface area is 125 Å². The average molecular weight is 286 g/mol. The summed E-state index contributed by atoms with van der Waals surface area (Å²) in [5.74, 6) is 1.55. The van der Waals surface area contributed by atoms with Gasteiger partial charge in [0.1, 0.15) is 11.5 Å². The van der Waals surface area contributed by atoms with Gasteiger partial charge in [-0.25, -0.2) is 0 Å². The van der Waals surface area contributed by atoms with Crippen LogP contribution in [0.25, 0.3) is 0 Å². The number of nitrogens with two attached hydrogens (primary N) is 1. The van der Waals surface area contributed by atoms with E-state index in [4.69, 9.17) is 10.2 Å². The monoisotopic (exact) mass is 286 g/mol. The molecule has 2 rings (SSSR count). The number of furan rings is 1. The van der Waals surface area contributed by atoms with Crippen LogP contribution in [0.3, 0.4) is 0 Å². The van der Waals surface area contributed by atoms with E-state index in [1.165, 1.54) is 0 Å². The quantitative estimate of drug-likeness (QED) is 0.875. The molecule has 0 spiro atoms. The van der Waals surface area contributed by atoms with Crippen molar-refractivity contribution in [2.75, 3.05) is 5.73 Å². The smallest absolute Gasteiger partial charge is 0.256 e. The lowest BCUT2D eigenvalue weighted by atomic mass is 10.1. The predicted octanol–water partition coefficient (Wildman–Crippen LogP) is 3.53. The Morgan fingerprint density at radius 1 is 1.24 bits per heavy atom. The van der Waals surface area contributed by atoms with Crippen LogP contribution in [0, 0.1) is 13.8 Å². The van der Waals surface area contributed by atoms with Gasteiger partial charge in [-0.3, -0.25) is 4.79 Å². The largest absolute Gasteiger partial charge is 0.464 e. The number of anilines is 1. The highest BCUT2D eigenvalue weighted by atomic mass is 16.3. The van der Waals surface area contributed by atoms with Crippen molar-refractivity contribution in [2.45, 2.75) is 40.3 Å². The van der Waals surface area contributed by atoms with Gasteiger partial charge in [-0.15, -0.1) is 0 Å². The van der Waals surface area contributed by atoms with Crippen LogP contribution < -0.4 is 5.73 Å². The van der Waals surface area contributed by atoms with Crippen LogP contribution in [0.4, 0.5) is 5.69 Å². The Morgan fingerprint density at radius 2 is 1.95 bits per heavy atom. The van der Waals surface area contributed by atoms with Crippen molar-refractivity contribution in [1.29, 1.82) is 0 Å². The summed E-state index contributed by atoms with van der Waals surface area (Å²) in [6.45, 7) is 8.21. The van der Waals surface area contributed by atoms with Gasteiger partial charge in [0.2, 0.25) is 0 Å².